The van der Waals surface area contributed by atoms with Crippen molar-refractivity contribution in [2.75, 3.05) is 6.79 Å². The molecule has 1 aliphatic rings. The van der Waals surface area contributed by atoms with E-state index in [0.717, 1.165) is 0 Å². The van der Waals surface area contributed by atoms with Crippen LogP contribution in [0.4, 0.5) is 0 Å². The van der Waals surface area contributed by atoms with Gasteiger partial charge in [0.1, 0.15) is 0 Å². The van der Waals surface area contributed by atoms with E-state index in [2.05, 4.69) is 31.9 Å². The molecule has 1 aromatic heterocycles. The third kappa shape index (κ3) is 2.31. The van der Waals surface area contributed by atoms with Crippen molar-refractivity contribution >= 4 is 42.8 Å². The number of hydrogen-bond acceptors (Lipinski definition) is 5. The number of fused-ring (bicyclic) bond motifs is 2. The lowest BCUT2D eigenvalue weighted by Crippen LogP contribution is -2.03. The first kappa shape index (κ1) is 14.6. The Labute approximate surface area is 146 Å². The van der Waals surface area contributed by atoms with Crippen LogP contribution < -0.4 is 14.9 Å². The maximum atomic E-state index is 12.5. The molecular formula is C16H8Br2O5. The molecule has 0 fully saturated rings. The second kappa shape index (κ2) is 5.28. The molecule has 0 bridgehead atoms. The minimum atomic E-state index is -0.499. The molecule has 1 N–H and O–H groups in total. The number of hydrogen-bond donors (Lipinski definition) is 1. The van der Waals surface area contributed by atoms with E-state index in [9.17, 15) is 9.90 Å². The van der Waals surface area contributed by atoms with Gasteiger partial charge in [0.2, 0.25) is 18.0 Å². The maximum absolute atomic E-state index is 12.5. The van der Waals surface area contributed by atoms with Gasteiger partial charge in [0, 0.05) is 10.0 Å². The third-order valence-electron chi connectivity index (χ3n) is 3.52. The molecule has 0 unspecified atom stereocenters. The Kier molecular flexibility index (Phi) is 3.35. The topological polar surface area (TPSA) is 68.9 Å². The second-order valence-corrected chi connectivity index (χ2v) is 6.71. The van der Waals surface area contributed by atoms with Gasteiger partial charge in [-0.25, -0.2) is 0 Å². The highest BCUT2D eigenvalue weighted by Crippen LogP contribution is 2.39. The Hall–Kier alpha value is -1.99. The van der Waals surface area contributed by atoms with E-state index in [4.69, 9.17) is 13.9 Å². The summed E-state index contributed by atoms with van der Waals surface area (Å²) in [5.41, 5.74) is 0.394. The molecule has 0 saturated heterocycles. The van der Waals surface area contributed by atoms with Crippen molar-refractivity contribution in [3.8, 4) is 28.6 Å². The second-order valence-electron chi connectivity index (χ2n) is 4.94. The van der Waals surface area contributed by atoms with Crippen molar-refractivity contribution in [3.05, 3.63) is 49.5 Å². The zero-order valence-electron chi connectivity index (χ0n) is 11.4. The lowest BCUT2D eigenvalue weighted by atomic mass is 10.1. The quantitative estimate of drug-likeness (QED) is 0.607. The van der Waals surface area contributed by atoms with Crippen LogP contribution in [0.1, 0.15) is 0 Å². The first-order chi connectivity index (χ1) is 11.0. The summed E-state index contributed by atoms with van der Waals surface area (Å²) in [6.07, 6.45) is 0. The van der Waals surface area contributed by atoms with E-state index in [-0.39, 0.29) is 17.9 Å². The smallest absolute Gasteiger partial charge is 0.235 e. The maximum Gasteiger partial charge on any atom is 0.235 e. The van der Waals surface area contributed by atoms with E-state index in [1.165, 1.54) is 0 Å². The van der Waals surface area contributed by atoms with Crippen LogP contribution in [-0.2, 0) is 0 Å². The van der Waals surface area contributed by atoms with Crippen LogP contribution in [0.5, 0.6) is 17.2 Å². The standard InChI is InChI=1S/C16H8Br2O5/c17-8-4-9-13(19)14(20)15(23-16(9)10(18)5-8)7-1-2-11-12(3-7)22-6-21-11/h1-5,20H,6H2. The SMILES string of the molecule is O=c1c(O)c(-c2ccc3c(c2)OCO3)oc2c(Br)cc(Br)cc12. The predicted molar refractivity (Wildman–Crippen MR) is 91.1 cm³/mol. The highest BCUT2D eigenvalue weighted by molar-refractivity contribution is 9.11. The Morgan fingerprint density at radius 2 is 1.83 bits per heavy atom. The predicted octanol–water partition coefficient (Wildman–Crippen LogP) is 4.42. The van der Waals surface area contributed by atoms with Gasteiger partial charge in [0.05, 0.1) is 9.86 Å². The van der Waals surface area contributed by atoms with Crippen LogP contribution in [0.3, 0.4) is 0 Å². The molecule has 4 rings (SSSR count). The summed E-state index contributed by atoms with van der Waals surface area (Å²) in [6.45, 7) is 0.145. The number of halogens is 2. The minimum Gasteiger partial charge on any atom is -0.502 e. The minimum absolute atomic E-state index is 0.0869. The molecule has 0 spiro atoms. The summed E-state index contributed by atoms with van der Waals surface area (Å²) in [5, 5.41) is 10.6. The van der Waals surface area contributed by atoms with Gasteiger partial charge in [0.15, 0.2) is 22.8 Å². The first-order valence-electron chi connectivity index (χ1n) is 6.59. The summed E-state index contributed by atoms with van der Waals surface area (Å²) in [7, 11) is 0. The van der Waals surface area contributed by atoms with E-state index in [0.29, 0.717) is 31.6 Å². The number of rotatable bonds is 1. The molecule has 0 aliphatic carbocycles. The van der Waals surface area contributed by atoms with Crippen LogP contribution in [-0.4, -0.2) is 11.9 Å². The molecule has 7 heteroatoms. The lowest BCUT2D eigenvalue weighted by Gasteiger charge is -2.08. The zero-order valence-corrected chi connectivity index (χ0v) is 14.6. The Bertz CT molecular complexity index is 1010. The molecule has 2 aromatic carbocycles. The molecule has 116 valence electrons. The van der Waals surface area contributed by atoms with Gasteiger partial charge >= 0.3 is 0 Å². The largest absolute Gasteiger partial charge is 0.502 e. The molecule has 1 aliphatic heterocycles. The van der Waals surface area contributed by atoms with Gasteiger partial charge in [-0.15, -0.1) is 0 Å². The summed E-state index contributed by atoms with van der Waals surface area (Å²) in [5.74, 6) is 0.797. The lowest BCUT2D eigenvalue weighted by molar-refractivity contribution is 0.174. The third-order valence-corrected chi connectivity index (χ3v) is 4.57. The fraction of sp³-hybridized carbons (Fsp3) is 0.0625. The van der Waals surface area contributed by atoms with Gasteiger partial charge in [0.25, 0.3) is 0 Å². The Balaban J connectivity index is 2.01. The molecule has 3 aromatic rings. The molecule has 23 heavy (non-hydrogen) atoms. The van der Waals surface area contributed by atoms with Crippen LogP contribution in [0, 0.1) is 0 Å². The number of benzene rings is 2. The average molecular weight is 440 g/mol. The van der Waals surface area contributed by atoms with Gasteiger partial charge in [-0.2, -0.15) is 0 Å². The van der Waals surface area contributed by atoms with Gasteiger partial charge in [-0.05, 0) is 46.3 Å². The summed E-state index contributed by atoms with van der Waals surface area (Å²) >= 11 is 6.69. The molecule has 0 radical (unpaired) electrons. The van der Waals surface area contributed by atoms with Gasteiger partial charge in [-0.1, -0.05) is 15.9 Å². The van der Waals surface area contributed by atoms with E-state index < -0.39 is 11.2 Å². The number of ether oxygens (including phenoxy) is 2. The van der Waals surface area contributed by atoms with Crippen LogP contribution in [0.25, 0.3) is 22.3 Å². The van der Waals surface area contributed by atoms with Gasteiger partial charge < -0.3 is 19.0 Å². The molecule has 5 nitrogen and oxygen atoms in total. The molecule has 2 heterocycles. The van der Waals surface area contributed by atoms with Crippen LogP contribution in [0.15, 0.2) is 48.5 Å². The monoisotopic (exact) mass is 438 g/mol. The summed E-state index contributed by atoms with van der Waals surface area (Å²) < 4.78 is 17.7. The van der Waals surface area contributed by atoms with Crippen molar-refractivity contribution in [3.63, 3.8) is 0 Å². The van der Waals surface area contributed by atoms with Crippen molar-refractivity contribution in [1.29, 1.82) is 0 Å². The van der Waals surface area contributed by atoms with E-state index in [1.54, 1.807) is 30.3 Å². The van der Waals surface area contributed by atoms with E-state index >= 15 is 0 Å². The van der Waals surface area contributed by atoms with Crippen molar-refractivity contribution in [2.24, 2.45) is 0 Å². The summed E-state index contributed by atoms with van der Waals surface area (Å²) in [6, 6.07) is 8.45. The molecule has 0 atom stereocenters. The molecule has 0 amide bonds. The van der Waals surface area contributed by atoms with Gasteiger partial charge in [-0.3, -0.25) is 4.79 Å². The average Bonchev–Trinajstić information content (AvgIpc) is 2.99. The van der Waals surface area contributed by atoms with Crippen molar-refractivity contribution in [2.45, 2.75) is 0 Å². The summed E-state index contributed by atoms with van der Waals surface area (Å²) in [4.78, 5) is 12.5. The van der Waals surface area contributed by atoms with E-state index in [1.807, 2.05) is 0 Å². The van der Waals surface area contributed by atoms with Crippen LogP contribution >= 0.6 is 31.9 Å². The Morgan fingerprint density at radius 1 is 1.04 bits per heavy atom. The normalized spacial score (nSPS) is 12.8. The highest BCUT2D eigenvalue weighted by Gasteiger charge is 2.20. The first-order valence-corrected chi connectivity index (χ1v) is 8.18. The highest BCUT2D eigenvalue weighted by atomic mass is 79.9. The van der Waals surface area contributed by atoms with Crippen LogP contribution in [0.2, 0.25) is 0 Å². The zero-order chi connectivity index (χ0) is 16.1. The fourth-order valence-electron chi connectivity index (χ4n) is 2.45. The van der Waals surface area contributed by atoms with Crippen molar-refractivity contribution in [1.82, 2.24) is 0 Å². The van der Waals surface area contributed by atoms with Crippen molar-refractivity contribution < 1.29 is 19.0 Å². The molecular weight excluding hydrogens is 432 g/mol. The Morgan fingerprint density at radius 3 is 2.65 bits per heavy atom. The number of aromatic hydroxyl groups is 1. The fourth-order valence-corrected chi connectivity index (χ4v) is 3.75. The molecule has 0 saturated carbocycles.